The minimum absolute atomic E-state index is 0.371. The zero-order valence-corrected chi connectivity index (χ0v) is 14.4. The average molecular weight is 387 g/mol. The molecule has 0 radical (unpaired) electrons. The SMILES string of the molecule is CC1(C)OB(c2cc(Br)c(C#N)c(Br)c2)OC1(C)C. The molecule has 0 unspecified atom stereocenters. The maximum atomic E-state index is 9.05. The summed E-state index contributed by atoms with van der Waals surface area (Å²) in [6, 6.07) is 5.87. The van der Waals surface area contributed by atoms with E-state index < -0.39 is 7.12 Å². The van der Waals surface area contributed by atoms with Gasteiger partial charge in [-0.1, -0.05) is 0 Å². The molecule has 1 fully saturated rings. The van der Waals surface area contributed by atoms with Crippen molar-refractivity contribution in [3.63, 3.8) is 0 Å². The first kappa shape index (κ1) is 15.1. The monoisotopic (exact) mass is 385 g/mol. The summed E-state index contributed by atoms with van der Waals surface area (Å²) in [6.07, 6.45) is 0. The Bertz CT molecular complexity index is 527. The van der Waals surface area contributed by atoms with Crippen molar-refractivity contribution >= 4 is 44.4 Å². The summed E-state index contributed by atoms with van der Waals surface area (Å²) in [5, 5.41) is 9.05. The molecule has 19 heavy (non-hydrogen) atoms. The Balaban J connectivity index is 2.39. The summed E-state index contributed by atoms with van der Waals surface area (Å²) < 4.78 is 13.4. The number of benzene rings is 1. The van der Waals surface area contributed by atoms with Gasteiger partial charge in [-0.2, -0.15) is 5.26 Å². The van der Waals surface area contributed by atoms with Gasteiger partial charge >= 0.3 is 7.12 Å². The Morgan fingerprint density at radius 1 is 1.05 bits per heavy atom. The number of hydrogen-bond acceptors (Lipinski definition) is 3. The van der Waals surface area contributed by atoms with Crippen LogP contribution in [-0.2, 0) is 9.31 Å². The minimum Gasteiger partial charge on any atom is -0.399 e. The van der Waals surface area contributed by atoms with Crippen LogP contribution >= 0.6 is 31.9 Å². The number of nitrogens with zero attached hydrogens (tertiary/aromatic N) is 1. The lowest BCUT2D eigenvalue weighted by Crippen LogP contribution is -2.41. The maximum absolute atomic E-state index is 9.05. The predicted molar refractivity (Wildman–Crippen MR) is 82.3 cm³/mol. The van der Waals surface area contributed by atoms with Crippen LogP contribution in [0.1, 0.15) is 33.3 Å². The number of halogens is 2. The van der Waals surface area contributed by atoms with Crippen molar-refractivity contribution in [2.75, 3.05) is 0 Å². The third kappa shape index (κ3) is 2.62. The van der Waals surface area contributed by atoms with Gasteiger partial charge in [-0.15, -0.1) is 0 Å². The topological polar surface area (TPSA) is 42.2 Å². The minimum atomic E-state index is -0.426. The van der Waals surface area contributed by atoms with E-state index in [4.69, 9.17) is 14.6 Å². The van der Waals surface area contributed by atoms with Crippen LogP contribution in [-0.4, -0.2) is 18.3 Å². The zero-order valence-electron chi connectivity index (χ0n) is 11.3. The van der Waals surface area contributed by atoms with Gasteiger partial charge in [0, 0.05) is 8.95 Å². The van der Waals surface area contributed by atoms with Crippen molar-refractivity contribution in [2.24, 2.45) is 0 Å². The second-order valence-corrected chi connectivity index (χ2v) is 7.27. The van der Waals surface area contributed by atoms with E-state index in [0.29, 0.717) is 5.56 Å². The van der Waals surface area contributed by atoms with Gasteiger partial charge in [-0.25, -0.2) is 0 Å². The molecule has 1 heterocycles. The lowest BCUT2D eigenvalue weighted by molar-refractivity contribution is 0.00578. The summed E-state index contributed by atoms with van der Waals surface area (Å²) in [7, 11) is -0.426. The molecule has 0 amide bonds. The van der Waals surface area contributed by atoms with Crippen LogP contribution in [0.15, 0.2) is 21.1 Å². The summed E-state index contributed by atoms with van der Waals surface area (Å²) in [5.74, 6) is 0. The van der Waals surface area contributed by atoms with Gasteiger partial charge in [0.15, 0.2) is 0 Å². The zero-order chi connectivity index (χ0) is 14.4. The van der Waals surface area contributed by atoms with Crippen molar-refractivity contribution in [1.29, 1.82) is 5.26 Å². The van der Waals surface area contributed by atoms with E-state index in [-0.39, 0.29) is 11.2 Å². The van der Waals surface area contributed by atoms with Crippen LogP contribution in [0, 0.1) is 11.3 Å². The largest absolute Gasteiger partial charge is 0.494 e. The highest BCUT2D eigenvalue weighted by Crippen LogP contribution is 2.37. The second kappa shape index (κ2) is 4.89. The fraction of sp³-hybridized carbons (Fsp3) is 0.462. The summed E-state index contributed by atoms with van der Waals surface area (Å²) in [4.78, 5) is 0. The van der Waals surface area contributed by atoms with Gasteiger partial charge in [-0.05, 0) is 77.2 Å². The predicted octanol–water partition coefficient (Wildman–Crippen LogP) is 3.38. The standard InChI is InChI=1S/C13H14BBr2NO2/c1-12(2)13(3,4)19-14(18-12)8-5-10(15)9(7-17)11(16)6-8/h5-6H,1-4H3. The third-order valence-electron chi connectivity index (χ3n) is 3.70. The highest BCUT2D eigenvalue weighted by Gasteiger charge is 2.51. The van der Waals surface area contributed by atoms with E-state index >= 15 is 0 Å². The molecule has 1 saturated heterocycles. The Labute approximate surface area is 130 Å². The summed E-state index contributed by atoms with van der Waals surface area (Å²) >= 11 is 6.80. The molecule has 1 aliphatic heterocycles. The van der Waals surface area contributed by atoms with Crippen molar-refractivity contribution in [2.45, 2.75) is 38.9 Å². The third-order valence-corrected chi connectivity index (χ3v) is 4.95. The molecular formula is C13H14BBr2NO2. The fourth-order valence-electron chi connectivity index (χ4n) is 1.81. The molecule has 3 nitrogen and oxygen atoms in total. The van der Waals surface area contributed by atoms with Gasteiger partial charge in [-0.3, -0.25) is 0 Å². The molecule has 0 saturated carbocycles. The van der Waals surface area contributed by atoms with Crippen molar-refractivity contribution in [1.82, 2.24) is 0 Å². The fourth-order valence-corrected chi connectivity index (χ4v) is 3.21. The highest BCUT2D eigenvalue weighted by atomic mass is 79.9. The Hall–Kier alpha value is -0.345. The summed E-state index contributed by atoms with van der Waals surface area (Å²) in [6.45, 7) is 8.06. The first-order valence-corrected chi connectivity index (χ1v) is 7.51. The molecule has 100 valence electrons. The van der Waals surface area contributed by atoms with Gasteiger partial charge in [0.1, 0.15) is 6.07 Å². The van der Waals surface area contributed by atoms with Crippen LogP contribution in [0.2, 0.25) is 0 Å². The highest BCUT2D eigenvalue weighted by molar-refractivity contribution is 9.11. The number of nitriles is 1. The van der Waals surface area contributed by atoms with Gasteiger partial charge in [0.2, 0.25) is 0 Å². The number of hydrogen-bond donors (Lipinski definition) is 0. The Kier molecular flexibility index (Phi) is 3.87. The van der Waals surface area contributed by atoms with Crippen LogP contribution in [0.25, 0.3) is 0 Å². The molecule has 0 aromatic heterocycles. The molecule has 1 aromatic rings. The molecule has 0 atom stereocenters. The first-order valence-electron chi connectivity index (χ1n) is 5.92. The van der Waals surface area contributed by atoms with E-state index in [1.165, 1.54) is 0 Å². The molecule has 0 aliphatic carbocycles. The van der Waals surface area contributed by atoms with Gasteiger partial charge in [0.25, 0.3) is 0 Å². The average Bonchev–Trinajstić information content (AvgIpc) is 2.47. The van der Waals surface area contributed by atoms with Gasteiger partial charge in [0.05, 0.1) is 16.8 Å². The van der Waals surface area contributed by atoms with Crippen molar-refractivity contribution in [3.8, 4) is 6.07 Å². The maximum Gasteiger partial charge on any atom is 0.494 e. The molecule has 0 bridgehead atoms. The molecule has 6 heteroatoms. The second-order valence-electron chi connectivity index (χ2n) is 5.56. The molecule has 0 spiro atoms. The molecular weight excluding hydrogens is 373 g/mol. The van der Waals surface area contributed by atoms with Crippen molar-refractivity contribution < 1.29 is 9.31 Å². The van der Waals surface area contributed by atoms with E-state index in [2.05, 4.69) is 37.9 Å². The molecule has 1 aliphatic rings. The smallest absolute Gasteiger partial charge is 0.399 e. The van der Waals surface area contributed by atoms with E-state index in [1.54, 1.807) is 0 Å². The molecule has 1 aromatic carbocycles. The van der Waals surface area contributed by atoms with Crippen LogP contribution in [0.5, 0.6) is 0 Å². The quantitative estimate of drug-likeness (QED) is 0.695. The molecule has 0 N–H and O–H groups in total. The number of rotatable bonds is 1. The Morgan fingerprint density at radius 2 is 1.47 bits per heavy atom. The van der Waals surface area contributed by atoms with Crippen LogP contribution in [0.3, 0.4) is 0 Å². The van der Waals surface area contributed by atoms with Crippen molar-refractivity contribution in [3.05, 3.63) is 26.6 Å². The summed E-state index contributed by atoms with van der Waals surface area (Å²) in [5.41, 5.74) is 0.714. The lowest BCUT2D eigenvalue weighted by Gasteiger charge is -2.32. The molecule has 2 rings (SSSR count). The van der Waals surface area contributed by atoms with E-state index in [1.807, 2.05) is 39.8 Å². The van der Waals surface area contributed by atoms with Crippen LogP contribution < -0.4 is 5.46 Å². The van der Waals surface area contributed by atoms with Crippen LogP contribution in [0.4, 0.5) is 0 Å². The van der Waals surface area contributed by atoms with E-state index in [9.17, 15) is 0 Å². The van der Waals surface area contributed by atoms with E-state index in [0.717, 1.165) is 14.4 Å². The first-order chi connectivity index (χ1) is 8.68. The normalized spacial score (nSPS) is 20.4. The lowest BCUT2D eigenvalue weighted by atomic mass is 9.79. The Morgan fingerprint density at radius 3 is 1.84 bits per heavy atom. The van der Waals surface area contributed by atoms with Gasteiger partial charge < -0.3 is 9.31 Å².